The molecule has 1 fully saturated rings. The number of amides is 8. The van der Waals surface area contributed by atoms with E-state index in [0.717, 1.165) is 32.5 Å². The predicted octanol–water partition coefficient (Wildman–Crippen LogP) is -0.108. The van der Waals surface area contributed by atoms with Gasteiger partial charge in [0, 0.05) is 48.4 Å². The summed E-state index contributed by atoms with van der Waals surface area (Å²) in [6.45, 7) is 3.50. The number of benzene rings is 3. The number of aromatic nitrogens is 1. The van der Waals surface area contributed by atoms with E-state index < -0.39 is 114 Å². The summed E-state index contributed by atoms with van der Waals surface area (Å²) in [6.07, 6.45) is -0.696. The number of carbonyl (C=O) groups is 8. The molecule has 10 atom stereocenters. The van der Waals surface area contributed by atoms with Crippen molar-refractivity contribution in [3.63, 3.8) is 0 Å². The number of fused-ring (bicyclic) bond motifs is 1. The molecule has 5 rings (SSSR count). The molecule has 8 amide bonds. The minimum atomic E-state index is -1.68. The van der Waals surface area contributed by atoms with Gasteiger partial charge in [-0.1, -0.05) is 100 Å². The van der Waals surface area contributed by atoms with Crippen LogP contribution in [0.2, 0.25) is 0 Å². The van der Waals surface area contributed by atoms with E-state index >= 15 is 0 Å². The van der Waals surface area contributed by atoms with Gasteiger partial charge in [0.15, 0.2) is 0 Å². The lowest BCUT2D eigenvalue weighted by atomic mass is 10.0. The summed E-state index contributed by atoms with van der Waals surface area (Å²) in [6, 6.07) is 14.4. The van der Waals surface area contributed by atoms with Gasteiger partial charge in [-0.25, -0.2) is 0 Å². The van der Waals surface area contributed by atoms with Crippen LogP contribution in [0.4, 0.5) is 0 Å². The van der Waals surface area contributed by atoms with Crippen LogP contribution < -0.4 is 48.3 Å². The van der Waals surface area contributed by atoms with Crippen molar-refractivity contribution in [2.45, 2.75) is 120 Å². The molecule has 23 heteroatoms. The van der Waals surface area contributed by atoms with E-state index in [9.17, 15) is 53.7 Å². The molecule has 4 aromatic rings. The number of rotatable bonds is 18. The first-order chi connectivity index (χ1) is 35.5. The maximum atomic E-state index is 14.8. The highest BCUT2D eigenvalue weighted by atomic mass is 33.1. The van der Waals surface area contributed by atoms with Crippen molar-refractivity contribution in [2.24, 2.45) is 5.73 Å². The second kappa shape index (κ2) is 29.4. The fourth-order valence-electron chi connectivity index (χ4n) is 8.11. The Morgan fingerprint density at radius 3 is 1.97 bits per heavy atom. The molecule has 2 heterocycles. The zero-order valence-corrected chi connectivity index (χ0v) is 43.1. The molecule has 0 spiro atoms. The van der Waals surface area contributed by atoms with E-state index in [-0.39, 0.29) is 43.7 Å². The quantitative estimate of drug-likeness (QED) is 0.0457. The van der Waals surface area contributed by atoms with Gasteiger partial charge < -0.3 is 68.6 Å². The number of nitrogens with two attached hydrogens (primary N) is 1. The summed E-state index contributed by atoms with van der Waals surface area (Å²) in [5.41, 5.74) is 8.45. The summed E-state index contributed by atoms with van der Waals surface area (Å²) in [4.78, 5) is 116. The third-order valence-corrected chi connectivity index (χ3v) is 14.6. The molecule has 0 aliphatic carbocycles. The molecule has 1 aliphatic heterocycles. The average Bonchev–Trinajstić information content (AvgIpc) is 3.78. The van der Waals surface area contributed by atoms with Gasteiger partial charge in [0.05, 0.1) is 37.3 Å². The number of para-hydroxylation sites is 1. The number of aliphatic hydroxyl groups is 3. The SMILES string of the molecule is CC(=O)N[C@@H](CC(=O)N[C@H]1CSSC[C@@H](C(=O)N[C@H](CO)[C@@H](C)O)NC(=O)[C@H]([C@@H](C)O)NC(=O)[C@H](CCCCN)NC(=O)C(Cc2c[nH]c3ccccc23)NC(=O)[C@H](Cc2ccccc2)NC1=O)c1ccccc1. The first-order valence-corrected chi connectivity index (χ1v) is 26.9. The monoisotopic (exact) mass is 1060 g/mol. The smallest absolute Gasteiger partial charge is 0.245 e. The normalized spacial score (nSPS) is 22.3. The van der Waals surface area contributed by atoms with Crippen molar-refractivity contribution < 1.29 is 53.7 Å². The van der Waals surface area contributed by atoms with E-state index in [4.69, 9.17) is 5.73 Å². The van der Waals surface area contributed by atoms with Crippen LogP contribution in [0.1, 0.15) is 69.2 Å². The third-order valence-electron chi connectivity index (χ3n) is 12.2. The number of aromatic amines is 1. The maximum Gasteiger partial charge on any atom is 0.245 e. The van der Waals surface area contributed by atoms with Crippen LogP contribution in [0.5, 0.6) is 0 Å². The molecule has 74 heavy (non-hydrogen) atoms. The van der Waals surface area contributed by atoms with Crippen LogP contribution in [-0.4, -0.2) is 147 Å². The first-order valence-electron chi connectivity index (χ1n) is 24.4. The maximum absolute atomic E-state index is 14.8. The Morgan fingerprint density at radius 1 is 0.716 bits per heavy atom. The van der Waals surface area contributed by atoms with Crippen LogP contribution in [0.25, 0.3) is 10.9 Å². The van der Waals surface area contributed by atoms with Crippen molar-refractivity contribution in [2.75, 3.05) is 24.7 Å². The van der Waals surface area contributed by atoms with Crippen LogP contribution in [0, 0.1) is 0 Å². The van der Waals surface area contributed by atoms with Gasteiger partial charge in [0.25, 0.3) is 0 Å². The zero-order chi connectivity index (χ0) is 53.7. The Hall–Kier alpha value is -6.50. The van der Waals surface area contributed by atoms with Gasteiger partial charge in [-0.15, -0.1) is 0 Å². The highest BCUT2D eigenvalue weighted by Gasteiger charge is 2.36. The molecule has 0 bridgehead atoms. The van der Waals surface area contributed by atoms with Gasteiger partial charge in [0.2, 0.25) is 47.3 Å². The van der Waals surface area contributed by atoms with Crippen LogP contribution >= 0.6 is 21.6 Å². The summed E-state index contributed by atoms with van der Waals surface area (Å²) in [7, 11) is 2.02. The minimum absolute atomic E-state index is 0.0220. The predicted molar refractivity (Wildman–Crippen MR) is 282 cm³/mol. The molecule has 21 nitrogen and oxygen atoms in total. The van der Waals surface area contributed by atoms with E-state index in [1.54, 1.807) is 66.9 Å². The molecule has 1 saturated heterocycles. The highest BCUT2D eigenvalue weighted by Crippen LogP contribution is 2.25. The largest absolute Gasteiger partial charge is 0.394 e. The zero-order valence-electron chi connectivity index (χ0n) is 41.5. The van der Waals surface area contributed by atoms with E-state index in [2.05, 4.69) is 47.5 Å². The molecular formula is C51H68N10O11S2. The van der Waals surface area contributed by atoms with Gasteiger partial charge in [-0.05, 0) is 62.4 Å². The van der Waals surface area contributed by atoms with Gasteiger partial charge in [-0.2, -0.15) is 0 Å². The van der Waals surface area contributed by atoms with Crippen molar-refractivity contribution >= 4 is 79.7 Å². The number of unbranched alkanes of at least 4 members (excludes halogenated alkanes) is 1. The number of H-pyrrole nitrogens is 1. The lowest BCUT2D eigenvalue weighted by Crippen LogP contribution is -2.62. The molecule has 14 N–H and O–H groups in total. The summed E-state index contributed by atoms with van der Waals surface area (Å²) < 4.78 is 0. The number of nitrogens with one attached hydrogen (secondary N) is 9. The minimum Gasteiger partial charge on any atom is -0.394 e. The van der Waals surface area contributed by atoms with Crippen LogP contribution in [0.15, 0.2) is 91.1 Å². The Kier molecular flexibility index (Phi) is 23.2. The van der Waals surface area contributed by atoms with Crippen LogP contribution in [-0.2, 0) is 51.2 Å². The molecule has 1 aliphatic rings. The lowest BCUT2D eigenvalue weighted by molar-refractivity contribution is -0.136. The van der Waals surface area contributed by atoms with Crippen LogP contribution in [0.3, 0.4) is 0 Å². The number of hydrogen-bond donors (Lipinski definition) is 13. The second-order valence-corrected chi connectivity index (χ2v) is 20.7. The Labute approximate surface area is 437 Å². The average molecular weight is 1060 g/mol. The third kappa shape index (κ3) is 17.9. The number of hydrogen-bond acceptors (Lipinski definition) is 14. The lowest BCUT2D eigenvalue weighted by Gasteiger charge is -2.29. The van der Waals surface area contributed by atoms with E-state index in [1.807, 2.05) is 24.3 Å². The molecule has 1 unspecified atom stereocenters. The van der Waals surface area contributed by atoms with Gasteiger partial charge in [-0.3, -0.25) is 38.4 Å². The standard InChI is InChI=1S/C51H68N10O11S2/c1-29(63)41(26-62)59-50(71)43-28-74-73-27-42(55-44(66)24-38(54-31(3)65)33-16-8-5-9-17-33)49(70)57-39(22-32-14-6-4-7-15-32)47(68)58-40(23-34-25-53-36-19-11-10-18-35(34)36)48(69)56-37(20-12-13-21-52)46(67)61-45(30(2)64)51(72)60-43/h4-11,14-19,25,29-30,37-43,45,53,62-64H,12-13,20-24,26-28,52H2,1-3H3,(H,54,65)(H,55,66)(H,56,69)(H,57,70)(H,58,68)(H,59,71)(H,60,72)(H,61,67)/t29-,30-,37+,38+,39+,40?,41-,42+,43+,45+/m1/s1. The Balaban J connectivity index is 1.58. The van der Waals surface area contributed by atoms with Gasteiger partial charge >= 0.3 is 0 Å². The molecule has 0 saturated carbocycles. The molecule has 0 radical (unpaired) electrons. The fraction of sp³-hybridized carbons (Fsp3) is 0.451. The first kappa shape index (κ1) is 58.4. The topological polar surface area (TPSA) is 335 Å². The van der Waals surface area contributed by atoms with Crippen molar-refractivity contribution in [1.82, 2.24) is 47.5 Å². The fourth-order valence-corrected chi connectivity index (χ4v) is 10.4. The molecule has 1 aromatic heterocycles. The van der Waals surface area contributed by atoms with Crippen molar-refractivity contribution in [1.29, 1.82) is 0 Å². The summed E-state index contributed by atoms with van der Waals surface area (Å²) >= 11 is 0. The molecule has 400 valence electrons. The Morgan fingerprint density at radius 2 is 1.32 bits per heavy atom. The van der Waals surface area contributed by atoms with Crippen molar-refractivity contribution in [3.05, 3.63) is 108 Å². The molecular weight excluding hydrogens is 993 g/mol. The van der Waals surface area contributed by atoms with Crippen molar-refractivity contribution in [3.8, 4) is 0 Å². The summed E-state index contributed by atoms with van der Waals surface area (Å²) in [5.74, 6) is -6.54. The summed E-state index contributed by atoms with van der Waals surface area (Å²) in [5, 5.41) is 53.4. The molecule has 3 aromatic carbocycles. The number of carbonyl (C=O) groups excluding carboxylic acids is 8. The number of aliphatic hydroxyl groups excluding tert-OH is 3. The van der Waals surface area contributed by atoms with E-state index in [0.29, 0.717) is 29.5 Å². The van der Waals surface area contributed by atoms with Gasteiger partial charge in [0.1, 0.15) is 36.3 Å². The van der Waals surface area contributed by atoms with E-state index in [1.165, 1.54) is 20.8 Å². The second-order valence-electron chi connectivity index (χ2n) is 18.1. The highest BCUT2D eigenvalue weighted by molar-refractivity contribution is 8.76. The Bertz CT molecular complexity index is 2520.